The first-order chi connectivity index (χ1) is 14.5. The third-order valence-corrected chi connectivity index (χ3v) is 4.63. The van der Waals surface area contributed by atoms with Crippen molar-refractivity contribution in [1.82, 2.24) is 14.8 Å². The Morgan fingerprint density at radius 1 is 1.07 bits per heavy atom. The van der Waals surface area contributed by atoms with Crippen molar-refractivity contribution in [3.8, 4) is 11.3 Å². The van der Waals surface area contributed by atoms with Crippen molar-refractivity contribution in [2.45, 2.75) is 13.3 Å². The number of nitrogens with zero attached hydrogens (tertiary/aromatic N) is 3. The fraction of sp³-hybridized carbons (Fsp3) is 0.0870. The molecule has 1 amide bonds. The molecule has 0 aliphatic heterocycles. The van der Waals surface area contributed by atoms with Gasteiger partial charge in [0.15, 0.2) is 0 Å². The van der Waals surface area contributed by atoms with Crippen LogP contribution in [0.25, 0.3) is 22.2 Å². The Hall–Kier alpha value is -4.13. The Morgan fingerprint density at radius 2 is 1.87 bits per heavy atom. The maximum atomic E-state index is 11.2. The number of hydrogen-bond donors (Lipinski definition) is 3. The van der Waals surface area contributed by atoms with Gasteiger partial charge in [0.25, 0.3) is 0 Å². The van der Waals surface area contributed by atoms with Gasteiger partial charge in [-0.15, -0.1) is 0 Å². The maximum absolute atomic E-state index is 11.2. The second-order valence-corrected chi connectivity index (χ2v) is 6.93. The third kappa shape index (κ3) is 4.15. The number of hydrogen-bond acceptors (Lipinski definition) is 5. The molecule has 30 heavy (non-hydrogen) atoms. The van der Waals surface area contributed by atoms with E-state index in [4.69, 9.17) is 10.8 Å². The summed E-state index contributed by atoms with van der Waals surface area (Å²) in [5.74, 6) is 0.0788. The van der Waals surface area contributed by atoms with Crippen molar-refractivity contribution in [2.24, 2.45) is 0 Å². The molecule has 2 aromatic carbocycles. The zero-order chi connectivity index (χ0) is 21.1. The van der Waals surface area contributed by atoms with Gasteiger partial charge in [-0.2, -0.15) is 5.10 Å². The Labute approximate surface area is 173 Å². The molecule has 2 heterocycles. The molecule has 4 aromatic rings. The molecule has 0 fully saturated rings. The van der Waals surface area contributed by atoms with Crippen molar-refractivity contribution >= 4 is 28.3 Å². The summed E-state index contributed by atoms with van der Waals surface area (Å²) in [6.45, 7) is 1.46. The van der Waals surface area contributed by atoms with E-state index in [0.717, 1.165) is 22.0 Å². The minimum absolute atomic E-state index is 0.129. The lowest BCUT2D eigenvalue weighted by molar-refractivity contribution is -0.114. The molecule has 0 bridgehead atoms. The number of pyridine rings is 1. The Bertz CT molecular complexity index is 1310. The van der Waals surface area contributed by atoms with Crippen LogP contribution in [0.2, 0.25) is 0 Å². The molecule has 2 aromatic heterocycles. The van der Waals surface area contributed by atoms with Crippen LogP contribution in [0.3, 0.4) is 0 Å². The van der Waals surface area contributed by atoms with Gasteiger partial charge >= 0.3 is 0 Å². The van der Waals surface area contributed by atoms with Crippen LogP contribution < -0.4 is 10.8 Å². The Kier molecular flexibility index (Phi) is 5.17. The molecule has 0 atom stereocenters. The quantitative estimate of drug-likeness (QED) is 0.362. The highest BCUT2D eigenvalue weighted by Crippen LogP contribution is 2.19. The zero-order valence-corrected chi connectivity index (χ0v) is 16.4. The summed E-state index contributed by atoms with van der Waals surface area (Å²) in [6, 6.07) is 20.4. The minimum atomic E-state index is -0.129. The van der Waals surface area contributed by atoms with Gasteiger partial charge in [-0.3, -0.25) is 20.6 Å². The predicted molar refractivity (Wildman–Crippen MR) is 116 cm³/mol. The standard InChI is InChI=1S/C23H20N6O/c1-15(30)27-19-7-5-17(6-8-19)21-10-11-22(24)29(28-21)23(25)14-16-4-9-20-18(13-16)3-2-12-26-20/h2-13,24-25H,14H2,1H3,(H,27,30). The summed E-state index contributed by atoms with van der Waals surface area (Å²) in [6.07, 6.45) is 2.10. The van der Waals surface area contributed by atoms with Crippen molar-refractivity contribution in [3.05, 3.63) is 84.0 Å². The summed E-state index contributed by atoms with van der Waals surface area (Å²) in [7, 11) is 0. The van der Waals surface area contributed by atoms with Crippen molar-refractivity contribution in [3.63, 3.8) is 0 Å². The van der Waals surface area contributed by atoms with E-state index in [9.17, 15) is 4.79 Å². The zero-order valence-electron chi connectivity index (χ0n) is 16.4. The second-order valence-electron chi connectivity index (χ2n) is 6.93. The highest BCUT2D eigenvalue weighted by atomic mass is 16.1. The van der Waals surface area contributed by atoms with Crippen LogP contribution in [-0.2, 0) is 11.2 Å². The second kappa shape index (κ2) is 8.08. The number of carbonyl (C=O) groups excluding carboxylic acids is 1. The number of carbonyl (C=O) groups is 1. The van der Waals surface area contributed by atoms with Gasteiger partial charge in [0, 0.05) is 36.2 Å². The third-order valence-electron chi connectivity index (χ3n) is 4.63. The van der Waals surface area contributed by atoms with E-state index in [1.807, 2.05) is 42.5 Å². The number of fused-ring (bicyclic) bond motifs is 1. The first-order valence-corrected chi connectivity index (χ1v) is 9.44. The topological polar surface area (TPSA) is 108 Å². The number of rotatable bonds is 4. The van der Waals surface area contributed by atoms with Gasteiger partial charge in [-0.1, -0.05) is 24.3 Å². The number of nitrogens with one attached hydrogen (secondary N) is 3. The number of anilines is 1. The van der Waals surface area contributed by atoms with Crippen LogP contribution >= 0.6 is 0 Å². The maximum Gasteiger partial charge on any atom is 0.221 e. The van der Waals surface area contributed by atoms with Gasteiger partial charge in [0.05, 0.1) is 11.2 Å². The average molecular weight is 396 g/mol. The lowest BCUT2D eigenvalue weighted by atomic mass is 10.1. The van der Waals surface area contributed by atoms with E-state index >= 15 is 0 Å². The SMILES string of the molecule is CC(=O)Nc1ccc(-c2ccc(=N)n(C(=N)Cc3ccc4ncccc4c3)n2)cc1. The molecule has 148 valence electrons. The molecular formula is C23H20N6O. The first-order valence-electron chi connectivity index (χ1n) is 9.44. The van der Waals surface area contributed by atoms with Gasteiger partial charge in [-0.25, -0.2) is 4.68 Å². The van der Waals surface area contributed by atoms with Crippen molar-refractivity contribution in [2.75, 3.05) is 5.32 Å². The summed E-state index contributed by atoms with van der Waals surface area (Å²) in [4.78, 5) is 15.5. The summed E-state index contributed by atoms with van der Waals surface area (Å²) >= 11 is 0. The van der Waals surface area contributed by atoms with Gasteiger partial charge in [0.1, 0.15) is 11.3 Å². The average Bonchev–Trinajstić information content (AvgIpc) is 2.74. The van der Waals surface area contributed by atoms with Crippen LogP contribution in [0.4, 0.5) is 5.69 Å². The molecule has 0 saturated heterocycles. The largest absolute Gasteiger partial charge is 0.326 e. The van der Waals surface area contributed by atoms with E-state index in [1.54, 1.807) is 30.5 Å². The van der Waals surface area contributed by atoms with Gasteiger partial charge < -0.3 is 5.32 Å². The monoisotopic (exact) mass is 396 g/mol. The molecule has 0 spiro atoms. The lowest BCUT2D eigenvalue weighted by Crippen LogP contribution is -2.30. The number of amides is 1. The predicted octanol–water partition coefficient (Wildman–Crippen LogP) is 3.60. The summed E-state index contributed by atoms with van der Waals surface area (Å²) < 4.78 is 1.34. The van der Waals surface area contributed by atoms with Crippen molar-refractivity contribution in [1.29, 1.82) is 10.8 Å². The molecule has 0 aliphatic carbocycles. The molecule has 7 heteroatoms. The Balaban J connectivity index is 1.59. The number of aromatic nitrogens is 3. The van der Waals surface area contributed by atoms with Gasteiger partial charge in [-0.05, 0) is 48.0 Å². The van der Waals surface area contributed by atoms with Crippen molar-refractivity contribution < 1.29 is 4.79 Å². The van der Waals surface area contributed by atoms with E-state index < -0.39 is 0 Å². The van der Waals surface area contributed by atoms with Crippen LogP contribution in [-0.4, -0.2) is 26.5 Å². The van der Waals surface area contributed by atoms with E-state index in [-0.39, 0.29) is 17.2 Å². The van der Waals surface area contributed by atoms with Crippen LogP contribution in [0.5, 0.6) is 0 Å². The van der Waals surface area contributed by atoms with Crippen LogP contribution in [0, 0.1) is 10.8 Å². The van der Waals surface area contributed by atoms with Crippen LogP contribution in [0.1, 0.15) is 12.5 Å². The first kappa shape index (κ1) is 19.2. The van der Waals surface area contributed by atoms with Gasteiger partial charge in [0.2, 0.25) is 5.91 Å². The van der Waals surface area contributed by atoms with E-state index in [1.165, 1.54) is 11.6 Å². The highest BCUT2D eigenvalue weighted by Gasteiger charge is 2.08. The van der Waals surface area contributed by atoms with Crippen LogP contribution in [0.15, 0.2) is 72.9 Å². The molecule has 0 saturated carbocycles. The fourth-order valence-electron chi connectivity index (χ4n) is 3.21. The molecule has 0 aliphatic rings. The lowest BCUT2D eigenvalue weighted by Gasteiger charge is -2.11. The molecule has 4 rings (SSSR count). The molecule has 0 radical (unpaired) electrons. The Morgan fingerprint density at radius 3 is 2.63 bits per heavy atom. The molecule has 3 N–H and O–H groups in total. The fourth-order valence-corrected chi connectivity index (χ4v) is 3.21. The molecular weight excluding hydrogens is 376 g/mol. The van der Waals surface area contributed by atoms with E-state index in [2.05, 4.69) is 15.4 Å². The minimum Gasteiger partial charge on any atom is -0.326 e. The smallest absolute Gasteiger partial charge is 0.221 e. The molecule has 7 nitrogen and oxygen atoms in total. The summed E-state index contributed by atoms with van der Waals surface area (Å²) in [5, 5.41) is 24.9. The normalized spacial score (nSPS) is 10.7. The highest BCUT2D eigenvalue weighted by molar-refractivity contribution is 5.89. The number of benzene rings is 2. The summed E-state index contributed by atoms with van der Waals surface area (Å²) in [5.41, 5.74) is 4.19. The molecule has 0 unspecified atom stereocenters. The van der Waals surface area contributed by atoms with E-state index in [0.29, 0.717) is 17.8 Å².